The molecule has 1 aromatic heterocycles. The number of hydrogen-bond acceptors (Lipinski definition) is 6. The van der Waals surface area contributed by atoms with Crippen molar-refractivity contribution >= 4 is 5.91 Å². The number of rotatable bonds is 6. The van der Waals surface area contributed by atoms with Gasteiger partial charge >= 0.3 is 0 Å². The zero-order chi connectivity index (χ0) is 18.5. The molecule has 2 aliphatic heterocycles. The number of carbonyl (C=O) groups excluding carboxylic acids is 1. The number of furan rings is 1. The zero-order valence-electron chi connectivity index (χ0n) is 15.2. The smallest absolute Gasteiger partial charge is 0.224 e. The monoisotopic (exact) mass is 372 g/mol. The highest BCUT2D eigenvalue weighted by Gasteiger charge is 2.25. The number of carbonyl (C=O) groups is 1. The van der Waals surface area contributed by atoms with Gasteiger partial charge in [0.15, 0.2) is 11.5 Å². The fourth-order valence-corrected chi connectivity index (χ4v) is 3.44. The minimum Gasteiger partial charge on any atom is -0.486 e. The van der Waals surface area contributed by atoms with Crippen LogP contribution in [0.5, 0.6) is 11.5 Å². The van der Waals surface area contributed by atoms with Crippen LogP contribution in [0, 0.1) is 0 Å². The normalized spacial score (nSPS) is 18.1. The van der Waals surface area contributed by atoms with E-state index in [4.69, 9.17) is 18.6 Å². The van der Waals surface area contributed by atoms with Gasteiger partial charge in [-0.2, -0.15) is 0 Å². The van der Waals surface area contributed by atoms with Crippen LogP contribution >= 0.6 is 0 Å². The van der Waals surface area contributed by atoms with Crippen LogP contribution in [0.25, 0.3) is 0 Å². The van der Waals surface area contributed by atoms with Crippen molar-refractivity contribution in [2.45, 2.75) is 12.5 Å². The highest BCUT2D eigenvalue weighted by atomic mass is 16.6. The third-order valence-electron chi connectivity index (χ3n) is 4.82. The van der Waals surface area contributed by atoms with Crippen molar-refractivity contribution in [3.8, 4) is 11.5 Å². The summed E-state index contributed by atoms with van der Waals surface area (Å²) in [5, 5.41) is 3.04. The lowest BCUT2D eigenvalue weighted by Crippen LogP contribution is -2.43. The molecule has 0 aliphatic carbocycles. The summed E-state index contributed by atoms with van der Waals surface area (Å²) in [6.07, 6.45) is 1.96. The summed E-state index contributed by atoms with van der Waals surface area (Å²) in [7, 11) is 0. The molecule has 7 nitrogen and oxygen atoms in total. The van der Waals surface area contributed by atoms with E-state index in [2.05, 4.69) is 10.2 Å². The number of ether oxygens (including phenoxy) is 3. The Morgan fingerprint density at radius 3 is 2.67 bits per heavy atom. The maximum Gasteiger partial charge on any atom is 0.224 e. The zero-order valence-corrected chi connectivity index (χ0v) is 15.2. The van der Waals surface area contributed by atoms with E-state index >= 15 is 0 Å². The Hall–Kier alpha value is -2.51. The van der Waals surface area contributed by atoms with Crippen molar-refractivity contribution < 1.29 is 23.4 Å². The third-order valence-corrected chi connectivity index (χ3v) is 4.82. The molecule has 0 radical (unpaired) electrons. The maximum atomic E-state index is 12.5. The van der Waals surface area contributed by atoms with Gasteiger partial charge in [0.25, 0.3) is 0 Å². The molecule has 0 saturated carbocycles. The number of hydrogen-bond donors (Lipinski definition) is 1. The number of morpholine rings is 1. The Labute approximate surface area is 158 Å². The lowest BCUT2D eigenvalue weighted by Gasteiger charge is -2.33. The van der Waals surface area contributed by atoms with E-state index in [1.165, 1.54) is 0 Å². The standard InChI is InChI=1S/C20H24N2O5/c23-20(13-15-3-4-18-19(12-15)27-11-10-26-18)21-14-16(17-2-1-7-25-17)22-5-8-24-9-6-22/h1-4,7,12,16H,5-6,8-11,13-14H2,(H,21,23). The number of amides is 1. The molecule has 3 heterocycles. The first-order valence-electron chi connectivity index (χ1n) is 9.30. The molecule has 1 N–H and O–H groups in total. The second-order valence-electron chi connectivity index (χ2n) is 6.64. The molecular weight excluding hydrogens is 348 g/mol. The predicted octanol–water partition coefficient (Wildman–Crippen LogP) is 1.78. The Kier molecular flexibility index (Phi) is 5.60. The average Bonchev–Trinajstić information content (AvgIpc) is 3.23. The van der Waals surface area contributed by atoms with Crippen molar-refractivity contribution in [1.82, 2.24) is 10.2 Å². The van der Waals surface area contributed by atoms with Crippen molar-refractivity contribution in [2.75, 3.05) is 46.1 Å². The van der Waals surface area contributed by atoms with Gasteiger partial charge in [-0.3, -0.25) is 9.69 Å². The molecule has 1 saturated heterocycles. The minimum atomic E-state index is -0.0310. The van der Waals surface area contributed by atoms with Gasteiger partial charge in [-0.15, -0.1) is 0 Å². The molecular formula is C20H24N2O5. The molecule has 1 fully saturated rings. The summed E-state index contributed by atoms with van der Waals surface area (Å²) in [6, 6.07) is 9.47. The van der Waals surface area contributed by atoms with E-state index in [9.17, 15) is 4.79 Å². The van der Waals surface area contributed by atoms with Crippen LogP contribution in [0.15, 0.2) is 41.0 Å². The fourth-order valence-electron chi connectivity index (χ4n) is 3.44. The van der Waals surface area contributed by atoms with Crippen LogP contribution in [-0.4, -0.2) is 56.9 Å². The van der Waals surface area contributed by atoms with E-state index in [1.54, 1.807) is 6.26 Å². The second-order valence-corrected chi connectivity index (χ2v) is 6.64. The molecule has 1 aromatic carbocycles. The average molecular weight is 372 g/mol. The molecule has 2 aromatic rings. The van der Waals surface area contributed by atoms with Crippen LogP contribution in [-0.2, 0) is 16.0 Å². The largest absolute Gasteiger partial charge is 0.486 e. The Morgan fingerprint density at radius 1 is 1.07 bits per heavy atom. The summed E-state index contributed by atoms with van der Waals surface area (Å²) in [6.45, 7) is 4.63. The number of nitrogens with zero attached hydrogens (tertiary/aromatic N) is 1. The van der Waals surface area contributed by atoms with Gasteiger partial charge in [0, 0.05) is 19.6 Å². The molecule has 144 valence electrons. The quantitative estimate of drug-likeness (QED) is 0.833. The van der Waals surface area contributed by atoms with Crippen molar-refractivity contribution in [1.29, 1.82) is 0 Å². The van der Waals surface area contributed by atoms with E-state index in [1.807, 2.05) is 30.3 Å². The summed E-state index contributed by atoms with van der Waals surface area (Å²) in [4.78, 5) is 14.8. The van der Waals surface area contributed by atoms with E-state index in [0.29, 0.717) is 45.1 Å². The molecule has 1 unspecified atom stereocenters. The van der Waals surface area contributed by atoms with Gasteiger partial charge in [-0.05, 0) is 29.8 Å². The number of benzene rings is 1. The molecule has 27 heavy (non-hydrogen) atoms. The van der Waals surface area contributed by atoms with Gasteiger partial charge in [0.1, 0.15) is 19.0 Å². The van der Waals surface area contributed by atoms with E-state index in [-0.39, 0.29) is 11.9 Å². The van der Waals surface area contributed by atoms with Gasteiger partial charge in [-0.25, -0.2) is 0 Å². The van der Waals surface area contributed by atoms with Gasteiger partial charge < -0.3 is 23.9 Å². The Bertz CT molecular complexity index is 756. The van der Waals surface area contributed by atoms with Gasteiger partial charge in [0.2, 0.25) is 5.91 Å². The van der Waals surface area contributed by atoms with Crippen LogP contribution in [0.2, 0.25) is 0 Å². The van der Waals surface area contributed by atoms with Crippen molar-refractivity contribution in [3.63, 3.8) is 0 Å². The van der Waals surface area contributed by atoms with Crippen molar-refractivity contribution in [3.05, 3.63) is 47.9 Å². The summed E-state index contributed by atoms with van der Waals surface area (Å²) < 4.78 is 22.1. The number of fused-ring (bicyclic) bond motifs is 1. The highest BCUT2D eigenvalue weighted by molar-refractivity contribution is 5.78. The molecule has 0 spiro atoms. The summed E-state index contributed by atoms with van der Waals surface area (Å²) >= 11 is 0. The predicted molar refractivity (Wildman–Crippen MR) is 98.0 cm³/mol. The first-order valence-corrected chi connectivity index (χ1v) is 9.30. The van der Waals surface area contributed by atoms with Gasteiger partial charge in [0.05, 0.1) is 31.9 Å². The molecule has 4 rings (SSSR count). The van der Waals surface area contributed by atoms with Crippen molar-refractivity contribution in [2.24, 2.45) is 0 Å². The molecule has 7 heteroatoms. The van der Waals surface area contributed by atoms with Crippen LogP contribution in [0.3, 0.4) is 0 Å². The lowest BCUT2D eigenvalue weighted by molar-refractivity contribution is -0.120. The highest BCUT2D eigenvalue weighted by Crippen LogP contribution is 2.30. The SMILES string of the molecule is O=C(Cc1ccc2c(c1)OCCO2)NCC(c1ccco1)N1CCOCC1. The second kappa shape index (κ2) is 8.45. The van der Waals surface area contributed by atoms with E-state index < -0.39 is 0 Å². The first-order chi connectivity index (χ1) is 13.3. The molecule has 1 atom stereocenters. The minimum absolute atomic E-state index is 0.00752. The fraction of sp³-hybridized carbons (Fsp3) is 0.450. The Morgan fingerprint density at radius 2 is 1.89 bits per heavy atom. The van der Waals surface area contributed by atoms with Gasteiger partial charge in [-0.1, -0.05) is 6.07 Å². The van der Waals surface area contributed by atoms with E-state index in [0.717, 1.165) is 30.2 Å². The maximum absolute atomic E-state index is 12.5. The van der Waals surface area contributed by atoms with Crippen LogP contribution < -0.4 is 14.8 Å². The van der Waals surface area contributed by atoms with Crippen LogP contribution in [0.4, 0.5) is 0 Å². The number of nitrogens with one attached hydrogen (secondary N) is 1. The third kappa shape index (κ3) is 4.43. The molecule has 1 amide bonds. The topological polar surface area (TPSA) is 73.2 Å². The Balaban J connectivity index is 1.36. The molecule has 2 aliphatic rings. The lowest BCUT2D eigenvalue weighted by atomic mass is 10.1. The summed E-state index contributed by atoms with van der Waals surface area (Å²) in [5.41, 5.74) is 0.901. The molecule has 0 bridgehead atoms. The van der Waals surface area contributed by atoms with Crippen LogP contribution in [0.1, 0.15) is 17.4 Å². The first kappa shape index (κ1) is 17.9. The summed E-state index contributed by atoms with van der Waals surface area (Å²) in [5.74, 6) is 2.26.